The molecule has 6 nitrogen and oxygen atoms in total. The maximum Gasteiger partial charge on any atom is 0.131 e. The first kappa shape index (κ1) is 32.3. The Morgan fingerprint density at radius 1 is 0.590 bits per heavy atom. The molecule has 2 N–H and O–H groups in total. The molecule has 0 aromatic heterocycles. The fraction of sp³-hybridized carbons (Fsp3) is 0.200. The molecule has 4 aromatic rings. The summed E-state index contributed by atoms with van der Waals surface area (Å²) in [6.45, 7) is 4.10. The van der Waals surface area contributed by atoms with Crippen LogP contribution >= 0.6 is 0 Å². The second-order valence-electron chi connectivity index (χ2n) is 8.68. The molecule has 0 atom stereocenters. The highest BCUT2D eigenvalue weighted by molar-refractivity contribution is 7.79. The third kappa shape index (κ3) is 14.7. The van der Waals surface area contributed by atoms with Crippen LogP contribution in [0.4, 0.5) is 0 Å². The standard InChI is InChI=1S/2C15H16OS.H2O4S/c2*1-12-9-15(16)8-7-14(12)11-17-10-13-5-3-2-4-6-13;1-5(2,3)4/h2*2-9,16H,10-11H2,1H3;(H2,1,2,3,4). The zero-order valence-electron chi connectivity index (χ0n) is 21.9. The lowest BCUT2D eigenvalue weighted by molar-refractivity contribution is 0.352. The van der Waals surface area contributed by atoms with E-state index in [1.54, 1.807) is 12.1 Å². The smallest absolute Gasteiger partial charge is 0.131 e. The summed E-state index contributed by atoms with van der Waals surface area (Å²) in [7, 11) is -5.17. The van der Waals surface area contributed by atoms with E-state index in [1.165, 1.54) is 56.9 Å². The number of aryl methyl sites for hydroxylation is 2. The van der Waals surface area contributed by atoms with Crippen molar-refractivity contribution < 1.29 is 27.7 Å². The van der Waals surface area contributed by atoms with Crippen LogP contribution in [-0.2, 0) is 56.9 Å². The minimum atomic E-state index is -5.17. The molecule has 0 aliphatic heterocycles. The van der Waals surface area contributed by atoms with Gasteiger partial charge in [0, 0.05) is 32.7 Å². The van der Waals surface area contributed by atoms with Crippen molar-refractivity contribution in [1.29, 1.82) is 0 Å². The number of hydrogen-bond acceptors (Lipinski definition) is 6. The third-order valence-electron chi connectivity index (χ3n) is 5.49. The topological polar surface area (TPSA) is 121 Å². The number of phenolic OH excluding ortho intramolecular Hbond substituents is 2. The normalized spacial score (nSPS) is 10.6. The first-order chi connectivity index (χ1) is 18.5. The summed E-state index contributed by atoms with van der Waals surface area (Å²) in [5.74, 6) is 4.96. The first-order valence-electron chi connectivity index (χ1n) is 12.1. The van der Waals surface area contributed by atoms with Gasteiger partial charge in [-0.15, -0.1) is 0 Å². The van der Waals surface area contributed by atoms with Crippen LogP contribution in [0.15, 0.2) is 97.1 Å². The highest BCUT2D eigenvalue weighted by Gasteiger charge is 2.06. The van der Waals surface area contributed by atoms with Crippen molar-refractivity contribution in [3.8, 4) is 11.5 Å². The zero-order valence-corrected chi connectivity index (χ0v) is 24.5. The van der Waals surface area contributed by atoms with Crippen LogP contribution in [0.1, 0.15) is 33.4 Å². The molecule has 9 heteroatoms. The molecule has 0 aliphatic rings. The van der Waals surface area contributed by atoms with Crippen molar-refractivity contribution in [2.75, 3.05) is 0 Å². The van der Waals surface area contributed by atoms with Crippen LogP contribution in [0.3, 0.4) is 0 Å². The summed E-state index contributed by atoms with van der Waals surface area (Å²) in [4.78, 5) is 0. The Kier molecular flexibility index (Phi) is 14.0. The molecule has 0 fully saturated rings. The van der Waals surface area contributed by atoms with Crippen LogP contribution in [0.5, 0.6) is 11.5 Å². The number of hydrogen-bond donors (Lipinski definition) is 2. The van der Waals surface area contributed by atoms with Gasteiger partial charge in [0.2, 0.25) is 0 Å². The quantitative estimate of drug-likeness (QED) is 0.128. The molecule has 0 bridgehead atoms. The van der Waals surface area contributed by atoms with E-state index in [4.69, 9.17) is 17.5 Å². The highest BCUT2D eigenvalue weighted by atomic mass is 32.3. The van der Waals surface area contributed by atoms with Gasteiger partial charge >= 0.3 is 0 Å². The Hall–Kier alpha value is -2.95. The SMILES string of the molecule is Cc1cc(O)ccc1C[SH+]Cc1ccccc1.Cc1cc(O)ccc1C[SH+]Cc1ccccc1.O=S(=O)([O-])[O-]. The molecular formula is C30H34O6S3. The Labute approximate surface area is 239 Å². The third-order valence-corrected chi connectivity index (χ3v) is 7.80. The maximum absolute atomic E-state index is 9.34. The van der Waals surface area contributed by atoms with Crippen molar-refractivity contribution in [1.82, 2.24) is 0 Å². The van der Waals surface area contributed by atoms with Crippen molar-refractivity contribution >= 4 is 33.9 Å². The monoisotopic (exact) mass is 586 g/mol. The molecule has 0 aliphatic carbocycles. The molecule has 0 saturated carbocycles. The van der Waals surface area contributed by atoms with Gasteiger partial charge in [-0.1, -0.05) is 72.8 Å². The molecule has 0 radical (unpaired) electrons. The van der Waals surface area contributed by atoms with Crippen LogP contribution < -0.4 is 0 Å². The molecule has 4 rings (SSSR count). The van der Waals surface area contributed by atoms with E-state index >= 15 is 0 Å². The summed E-state index contributed by atoms with van der Waals surface area (Å²) in [6, 6.07) is 32.3. The van der Waals surface area contributed by atoms with Gasteiger partial charge in [0.05, 0.1) is 0 Å². The lowest BCUT2D eigenvalue weighted by atomic mass is 10.1. The van der Waals surface area contributed by atoms with E-state index in [9.17, 15) is 10.2 Å². The predicted molar refractivity (Wildman–Crippen MR) is 161 cm³/mol. The second-order valence-corrected chi connectivity index (χ2v) is 11.7. The molecule has 0 unspecified atom stereocenters. The summed E-state index contributed by atoms with van der Waals surface area (Å²) in [5, 5.41) is 18.7. The van der Waals surface area contributed by atoms with Gasteiger partial charge in [-0.05, 0) is 72.8 Å². The molecule has 0 heterocycles. The van der Waals surface area contributed by atoms with Crippen LogP contribution in [0, 0.1) is 13.8 Å². The number of rotatable bonds is 8. The van der Waals surface area contributed by atoms with E-state index in [0.717, 1.165) is 23.0 Å². The van der Waals surface area contributed by atoms with Crippen LogP contribution in [0.25, 0.3) is 0 Å². The number of benzene rings is 4. The lowest BCUT2D eigenvalue weighted by Gasteiger charge is -2.06. The van der Waals surface area contributed by atoms with Gasteiger partial charge in [0.25, 0.3) is 0 Å². The molecule has 39 heavy (non-hydrogen) atoms. The van der Waals surface area contributed by atoms with Crippen LogP contribution in [-0.4, -0.2) is 27.7 Å². The minimum Gasteiger partial charge on any atom is -0.759 e. The average molecular weight is 587 g/mol. The van der Waals surface area contributed by atoms with Gasteiger partial charge in [-0.2, -0.15) is 0 Å². The fourth-order valence-electron chi connectivity index (χ4n) is 3.49. The van der Waals surface area contributed by atoms with Gasteiger partial charge in [0.15, 0.2) is 0 Å². The van der Waals surface area contributed by atoms with Crippen molar-refractivity contribution in [2.24, 2.45) is 0 Å². The summed E-state index contributed by atoms with van der Waals surface area (Å²) in [5.41, 5.74) is 7.74. The molecule has 0 saturated heterocycles. The average Bonchev–Trinajstić information content (AvgIpc) is 2.87. The van der Waals surface area contributed by atoms with Gasteiger partial charge in [-0.3, -0.25) is 8.42 Å². The van der Waals surface area contributed by atoms with Gasteiger partial charge < -0.3 is 19.3 Å². The molecular weight excluding hydrogens is 553 g/mol. The van der Waals surface area contributed by atoms with E-state index in [2.05, 4.69) is 48.5 Å². The van der Waals surface area contributed by atoms with Gasteiger partial charge in [-0.25, -0.2) is 0 Å². The van der Waals surface area contributed by atoms with E-state index < -0.39 is 10.4 Å². The van der Waals surface area contributed by atoms with Crippen molar-refractivity contribution in [3.05, 3.63) is 130 Å². The number of phenols is 2. The molecule has 208 valence electrons. The maximum atomic E-state index is 9.34. The Morgan fingerprint density at radius 2 is 0.923 bits per heavy atom. The first-order valence-corrected chi connectivity index (χ1v) is 16.0. The summed E-state index contributed by atoms with van der Waals surface area (Å²) in [6.07, 6.45) is 0. The Bertz CT molecular complexity index is 1280. The molecule has 4 aromatic carbocycles. The Morgan fingerprint density at radius 3 is 1.23 bits per heavy atom. The highest BCUT2D eigenvalue weighted by Crippen LogP contribution is 2.18. The number of aromatic hydroxyl groups is 2. The van der Waals surface area contributed by atoms with Crippen LogP contribution in [0.2, 0.25) is 0 Å². The summed E-state index contributed by atoms with van der Waals surface area (Å²) >= 11 is 2.80. The number of thiol groups is 2. The van der Waals surface area contributed by atoms with Crippen molar-refractivity contribution in [2.45, 2.75) is 36.9 Å². The van der Waals surface area contributed by atoms with E-state index in [-0.39, 0.29) is 0 Å². The molecule has 0 spiro atoms. The van der Waals surface area contributed by atoms with Gasteiger partial charge in [0.1, 0.15) is 34.5 Å². The fourth-order valence-corrected chi connectivity index (χ4v) is 5.85. The van der Waals surface area contributed by atoms with E-state index in [1.807, 2.05) is 50.2 Å². The molecule has 0 amide bonds. The largest absolute Gasteiger partial charge is 0.759 e. The Balaban J connectivity index is 0.000000234. The van der Waals surface area contributed by atoms with Crippen molar-refractivity contribution in [3.63, 3.8) is 0 Å². The lowest BCUT2D eigenvalue weighted by Crippen LogP contribution is -1.94. The zero-order chi connectivity index (χ0) is 28.7. The summed E-state index contributed by atoms with van der Waals surface area (Å²) < 4.78 is 34.1. The predicted octanol–water partition coefficient (Wildman–Crippen LogP) is 5.09. The minimum absolute atomic E-state index is 0.353. The second kappa shape index (κ2) is 16.9. The van der Waals surface area contributed by atoms with E-state index in [0.29, 0.717) is 11.5 Å².